The Labute approximate surface area is 108 Å². The van der Waals surface area contributed by atoms with Crippen LogP contribution in [0.5, 0.6) is 0 Å². The van der Waals surface area contributed by atoms with Crippen molar-refractivity contribution in [1.82, 2.24) is 10.2 Å². The molecule has 1 saturated carbocycles. The van der Waals surface area contributed by atoms with Crippen molar-refractivity contribution >= 4 is 11.9 Å². The molecule has 2 aliphatic rings. The maximum absolute atomic E-state index is 12.5. The number of carbonyl (C=O) groups is 2. The number of nitrogens with one attached hydrogen (secondary N) is 1. The minimum absolute atomic E-state index is 0.0404. The van der Waals surface area contributed by atoms with E-state index < -0.39 is 5.97 Å². The molecule has 1 aliphatic heterocycles. The third kappa shape index (κ3) is 3.22. The summed E-state index contributed by atoms with van der Waals surface area (Å²) in [5.74, 6) is -0.617. The number of piperazine rings is 1. The molecule has 5 nitrogen and oxygen atoms in total. The smallest absolute Gasteiger partial charge is 0.303 e. The lowest BCUT2D eigenvalue weighted by atomic mass is 9.76. The first-order valence-corrected chi connectivity index (χ1v) is 6.90. The number of carboxylic acid groups (broad SMARTS) is 1. The number of nitrogens with zero attached hydrogens (tertiary/aromatic N) is 1. The number of carboxylic acids is 1. The topological polar surface area (TPSA) is 69.6 Å². The Morgan fingerprint density at radius 1 is 1.17 bits per heavy atom. The van der Waals surface area contributed by atoms with Crippen LogP contribution in [0, 0.1) is 11.8 Å². The maximum atomic E-state index is 12.5. The number of aliphatic carboxylic acids is 1. The van der Waals surface area contributed by atoms with Gasteiger partial charge < -0.3 is 15.3 Å². The zero-order valence-corrected chi connectivity index (χ0v) is 10.7. The van der Waals surface area contributed by atoms with Gasteiger partial charge in [0.15, 0.2) is 0 Å². The summed E-state index contributed by atoms with van der Waals surface area (Å²) >= 11 is 0. The average Bonchev–Trinajstić information content (AvgIpc) is 2.39. The Hall–Kier alpha value is -1.10. The molecule has 2 N–H and O–H groups in total. The van der Waals surface area contributed by atoms with Gasteiger partial charge in [-0.3, -0.25) is 9.59 Å². The Balaban J connectivity index is 1.98. The van der Waals surface area contributed by atoms with E-state index in [0.717, 1.165) is 51.9 Å². The van der Waals surface area contributed by atoms with Gasteiger partial charge in [-0.2, -0.15) is 0 Å². The van der Waals surface area contributed by atoms with Gasteiger partial charge in [0, 0.05) is 38.5 Å². The SMILES string of the molecule is O=C(O)C[C@@H]1CCCC[C@@H]1C(=O)N1CCNCC1. The Morgan fingerprint density at radius 3 is 2.50 bits per heavy atom. The highest BCUT2D eigenvalue weighted by molar-refractivity contribution is 5.80. The second-order valence-electron chi connectivity index (χ2n) is 5.32. The van der Waals surface area contributed by atoms with Crippen molar-refractivity contribution in [3.05, 3.63) is 0 Å². The van der Waals surface area contributed by atoms with Crippen LogP contribution in [0.2, 0.25) is 0 Å². The van der Waals surface area contributed by atoms with Gasteiger partial charge in [0.2, 0.25) is 5.91 Å². The summed E-state index contributed by atoms with van der Waals surface area (Å²) in [4.78, 5) is 25.2. The van der Waals surface area contributed by atoms with Crippen molar-refractivity contribution in [2.75, 3.05) is 26.2 Å². The number of hydrogen-bond acceptors (Lipinski definition) is 3. The van der Waals surface area contributed by atoms with Crippen LogP contribution in [-0.2, 0) is 9.59 Å². The van der Waals surface area contributed by atoms with Crippen LogP contribution in [0.15, 0.2) is 0 Å². The van der Waals surface area contributed by atoms with Gasteiger partial charge in [0.25, 0.3) is 0 Å². The van der Waals surface area contributed by atoms with E-state index in [9.17, 15) is 9.59 Å². The highest BCUT2D eigenvalue weighted by atomic mass is 16.4. The lowest BCUT2D eigenvalue weighted by Gasteiger charge is -2.36. The predicted molar refractivity (Wildman–Crippen MR) is 67.2 cm³/mol. The van der Waals surface area contributed by atoms with E-state index in [1.165, 1.54) is 0 Å². The van der Waals surface area contributed by atoms with E-state index in [1.54, 1.807) is 0 Å². The largest absolute Gasteiger partial charge is 0.481 e. The minimum atomic E-state index is -0.778. The molecule has 2 atom stereocenters. The van der Waals surface area contributed by atoms with Crippen molar-refractivity contribution < 1.29 is 14.7 Å². The Kier molecular flexibility index (Phi) is 4.58. The van der Waals surface area contributed by atoms with Crippen LogP contribution in [0.4, 0.5) is 0 Å². The van der Waals surface area contributed by atoms with Gasteiger partial charge >= 0.3 is 5.97 Å². The first kappa shape index (κ1) is 13.3. The second-order valence-corrected chi connectivity index (χ2v) is 5.32. The van der Waals surface area contributed by atoms with E-state index >= 15 is 0 Å². The molecule has 0 bridgehead atoms. The standard InChI is InChI=1S/C13H22N2O3/c16-12(17)9-10-3-1-2-4-11(10)13(18)15-7-5-14-6-8-15/h10-11,14H,1-9H2,(H,16,17)/t10-,11-/m0/s1. The molecule has 1 heterocycles. The van der Waals surface area contributed by atoms with Crippen LogP contribution >= 0.6 is 0 Å². The van der Waals surface area contributed by atoms with Crippen LogP contribution in [-0.4, -0.2) is 48.1 Å². The molecule has 0 unspecified atom stereocenters. The minimum Gasteiger partial charge on any atom is -0.481 e. The van der Waals surface area contributed by atoms with Crippen molar-refractivity contribution in [3.8, 4) is 0 Å². The molecule has 0 radical (unpaired) electrons. The molecule has 0 spiro atoms. The van der Waals surface area contributed by atoms with Crippen LogP contribution in [0.25, 0.3) is 0 Å². The van der Waals surface area contributed by atoms with Gasteiger partial charge in [-0.1, -0.05) is 12.8 Å². The molecule has 0 aromatic rings. The molecule has 1 aliphatic carbocycles. The van der Waals surface area contributed by atoms with E-state index in [0.29, 0.717) is 0 Å². The molecule has 1 saturated heterocycles. The summed E-state index contributed by atoms with van der Waals surface area (Å²) in [6, 6.07) is 0. The number of amides is 1. The fourth-order valence-electron chi connectivity index (χ4n) is 3.12. The molecule has 2 rings (SSSR count). The zero-order chi connectivity index (χ0) is 13.0. The summed E-state index contributed by atoms with van der Waals surface area (Å²) in [7, 11) is 0. The van der Waals surface area contributed by atoms with E-state index in [2.05, 4.69) is 5.32 Å². The second kappa shape index (κ2) is 6.18. The van der Waals surface area contributed by atoms with Gasteiger partial charge in [0.05, 0.1) is 0 Å². The summed E-state index contributed by atoms with van der Waals surface area (Å²) in [5, 5.41) is 12.2. The van der Waals surface area contributed by atoms with Gasteiger partial charge in [-0.15, -0.1) is 0 Å². The van der Waals surface area contributed by atoms with Gasteiger partial charge in [-0.25, -0.2) is 0 Å². The lowest BCUT2D eigenvalue weighted by molar-refractivity contribution is -0.143. The van der Waals surface area contributed by atoms with Crippen LogP contribution < -0.4 is 5.32 Å². The maximum Gasteiger partial charge on any atom is 0.303 e. The van der Waals surface area contributed by atoms with E-state index in [4.69, 9.17) is 5.11 Å². The molecule has 2 fully saturated rings. The zero-order valence-electron chi connectivity index (χ0n) is 10.7. The Bertz CT molecular complexity index is 313. The van der Waals surface area contributed by atoms with Gasteiger partial charge in [-0.05, 0) is 18.8 Å². The normalized spacial score (nSPS) is 29.0. The molecule has 0 aromatic carbocycles. The third-order valence-corrected chi connectivity index (χ3v) is 4.09. The summed E-state index contributed by atoms with van der Waals surface area (Å²) in [6.07, 6.45) is 4.00. The monoisotopic (exact) mass is 254 g/mol. The summed E-state index contributed by atoms with van der Waals surface area (Å²) < 4.78 is 0. The fourth-order valence-corrected chi connectivity index (χ4v) is 3.12. The van der Waals surface area contributed by atoms with E-state index in [-0.39, 0.29) is 24.2 Å². The fraction of sp³-hybridized carbons (Fsp3) is 0.846. The first-order chi connectivity index (χ1) is 8.68. The summed E-state index contributed by atoms with van der Waals surface area (Å²) in [6.45, 7) is 3.22. The molecule has 18 heavy (non-hydrogen) atoms. The van der Waals surface area contributed by atoms with Crippen molar-refractivity contribution in [1.29, 1.82) is 0 Å². The highest BCUT2D eigenvalue weighted by Crippen LogP contribution is 2.33. The van der Waals surface area contributed by atoms with E-state index in [1.807, 2.05) is 4.90 Å². The number of carbonyl (C=O) groups excluding carboxylic acids is 1. The first-order valence-electron chi connectivity index (χ1n) is 6.90. The van der Waals surface area contributed by atoms with Crippen molar-refractivity contribution in [2.24, 2.45) is 11.8 Å². The molecular weight excluding hydrogens is 232 g/mol. The van der Waals surface area contributed by atoms with Crippen molar-refractivity contribution in [3.63, 3.8) is 0 Å². The molecule has 5 heteroatoms. The van der Waals surface area contributed by atoms with Crippen LogP contribution in [0.3, 0.4) is 0 Å². The van der Waals surface area contributed by atoms with Crippen molar-refractivity contribution in [2.45, 2.75) is 32.1 Å². The Morgan fingerprint density at radius 2 is 1.83 bits per heavy atom. The number of hydrogen-bond donors (Lipinski definition) is 2. The highest BCUT2D eigenvalue weighted by Gasteiger charge is 2.34. The summed E-state index contributed by atoms with van der Waals surface area (Å²) in [5.41, 5.74) is 0. The number of rotatable bonds is 3. The quantitative estimate of drug-likeness (QED) is 0.778. The molecule has 102 valence electrons. The lowest BCUT2D eigenvalue weighted by Crippen LogP contribution is -2.50. The third-order valence-electron chi connectivity index (χ3n) is 4.09. The molecule has 1 amide bonds. The average molecular weight is 254 g/mol. The molecule has 0 aromatic heterocycles. The van der Waals surface area contributed by atoms with Crippen LogP contribution in [0.1, 0.15) is 32.1 Å². The predicted octanol–water partition coefficient (Wildman–Crippen LogP) is 0.699. The molecular formula is C13H22N2O3. The van der Waals surface area contributed by atoms with Gasteiger partial charge in [0.1, 0.15) is 0 Å².